The maximum atomic E-state index is 12.0. The van der Waals surface area contributed by atoms with Gasteiger partial charge in [-0.05, 0) is 6.42 Å². The van der Waals surface area contributed by atoms with Gasteiger partial charge in [-0.2, -0.15) is 5.10 Å². The second-order valence-electron chi connectivity index (χ2n) is 3.93. The normalized spacial score (nSPS) is 10.2. The monoisotopic (exact) mass is 283 g/mol. The molecule has 0 saturated heterocycles. The summed E-state index contributed by atoms with van der Waals surface area (Å²) in [5.41, 5.74) is -0.00924. The lowest BCUT2D eigenvalue weighted by Gasteiger charge is -2.09. The summed E-state index contributed by atoms with van der Waals surface area (Å²) in [6.07, 6.45) is 8.70. The number of ether oxygens (including phenoxy) is 1. The van der Waals surface area contributed by atoms with E-state index in [2.05, 4.69) is 23.3 Å². The molecule has 0 fully saturated rings. The quantitative estimate of drug-likeness (QED) is 0.583. The van der Waals surface area contributed by atoms with Gasteiger partial charge in [0.15, 0.2) is 0 Å². The molecule has 0 atom stereocenters. The van der Waals surface area contributed by atoms with Crippen molar-refractivity contribution in [2.75, 3.05) is 25.1 Å². The third kappa shape index (κ3) is 4.93. The predicted octanol–water partition coefficient (Wildman–Crippen LogP) is 1.76. The molecule has 1 rings (SSSR count). The highest BCUT2D eigenvalue weighted by atomic mass is 35.5. The van der Waals surface area contributed by atoms with E-state index >= 15 is 0 Å². The zero-order valence-corrected chi connectivity index (χ0v) is 11.7. The van der Waals surface area contributed by atoms with Gasteiger partial charge in [0.2, 0.25) is 0 Å². The van der Waals surface area contributed by atoms with E-state index in [0.717, 1.165) is 19.4 Å². The summed E-state index contributed by atoms with van der Waals surface area (Å²) in [7, 11) is 0. The Bertz CT molecular complexity index is 494. The van der Waals surface area contributed by atoms with Gasteiger partial charge in [-0.15, -0.1) is 6.42 Å². The van der Waals surface area contributed by atoms with E-state index in [-0.39, 0.29) is 17.1 Å². The first-order valence-corrected chi connectivity index (χ1v) is 6.59. The van der Waals surface area contributed by atoms with Crippen LogP contribution in [0.1, 0.15) is 19.8 Å². The Labute approximate surface area is 117 Å². The molecule has 0 aliphatic rings. The number of anilines is 1. The molecule has 1 heterocycles. The van der Waals surface area contributed by atoms with Gasteiger partial charge in [-0.1, -0.05) is 30.9 Å². The Morgan fingerprint density at radius 2 is 2.37 bits per heavy atom. The van der Waals surface area contributed by atoms with Gasteiger partial charge in [0.25, 0.3) is 5.56 Å². The van der Waals surface area contributed by atoms with E-state index in [1.54, 1.807) is 0 Å². The number of nitrogens with zero attached hydrogens (tertiary/aromatic N) is 2. The Balaban J connectivity index is 2.55. The van der Waals surface area contributed by atoms with E-state index in [9.17, 15) is 4.79 Å². The van der Waals surface area contributed by atoms with Crippen LogP contribution in [-0.4, -0.2) is 29.5 Å². The first-order valence-electron chi connectivity index (χ1n) is 6.21. The van der Waals surface area contributed by atoms with Crippen molar-refractivity contribution in [2.24, 2.45) is 0 Å². The van der Waals surface area contributed by atoms with Gasteiger partial charge >= 0.3 is 0 Å². The van der Waals surface area contributed by atoms with Crippen LogP contribution in [0.2, 0.25) is 5.02 Å². The molecule has 0 aromatic carbocycles. The number of hydrogen-bond acceptors (Lipinski definition) is 4. The van der Waals surface area contributed by atoms with Crippen LogP contribution in [0.4, 0.5) is 5.69 Å². The summed E-state index contributed by atoms with van der Waals surface area (Å²) >= 11 is 5.93. The Kier molecular flexibility index (Phi) is 7.01. The topological polar surface area (TPSA) is 56.1 Å². The van der Waals surface area contributed by atoms with Crippen molar-refractivity contribution in [2.45, 2.75) is 26.3 Å². The molecule has 19 heavy (non-hydrogen) atoms. The lowest BCUT2D eigenvalue weighted by Crippen LogP contribution is -2.26. The minimum Gasteiger partial charge on any atom is -0.380 e. The van der Waals surface area contributed by atoms with Crippen LogP contribution in [0.3, 0.4) is 0 Å². The molecule has 6 heteroatoms. The van der Waals surface area contributed by atoms with E-state index in [1.165, 1.54) is 10.9 Å². The second kappa shape index (κ2) is 8.57. The molecule has 0 aliphatic carbocycles. The molecule has 0 radical (unpaired) electrons. The standard InChI is InChI=1S/C13H18ClN3O2/c1-3-5-8-19-9-6-15-12-11(14)10-16-17(7-4-2)13(12)18/h2,10,15H,3,5-9H2,1H3. The fraction of sp³-hybridized carbons (Fsp3) is 0.538. The predicted molar refractivity (Wildman–Crippen MR) is 76.6 cm³/mol. The minimum atomic E-state index is -0.320. The Morgan fingerprint density at radius 3 is 3.05 bits per heavy atom. The molecule has 0 aliphatic heterocycles. The van der Waals surface area contributed by atoms with Crippen LogP contribution in [0.15, 0.2) is 11.0 Å². The molecule has 104 valence electrons. The lowest BCUT2D eigenvalue weighted by atomic mass is 10.4. The molecule has 0 saturated carbocycles. The molecule has 0 bridgehead atoms. The van der Waals surface area contributed by atoms with Crippen molar-refractivity contribution in [1.29, 1.82) is 0 Å². The van der Waals surface area contributed by atoms with E-state index < -0.39 is 0 Å². The number of rotatable bonds is 8. The summed E-state index contributed by atoms with van der Waals surface area (Å²) < 4.78 is 6.58. The van der Waals surface area contributed by atoms with Crippen molar-refractivity contribution in [1.82, 2.24) is 9.78 Å². The lowest BCUT2D eigenvalue weighted by molar-refractivity contribution is 0.141. The zero-order chi connectivity index (χ0) is 14.1. The van der Waals surface area contributed by atoms with E-state index in [1.807, 2.05) is 0 Å². The van der Waals surface area contributed by atoms with Crippen molar-refractivity contribution in [3.63, 3.8) is 0 Å². The van der Waals surface area contributed by atoms with Crippen LogP contribution < -0.4 is 10.9 Å². The second-order valence-corrected chi connectivity index (χ2v) is 4.33. The average molecular weight is 284 g/mol. The number of terminal acetylenes is 1. The molecular weight excluding hydrogens is 266 g/mol. The van der Waals surface area contributed by atoms with Gasteiger partial charge in [0, 0.05) is 13.2 Å². The number of nitrogens with one attached hydrogen (secondary N) is 1. The van der Waals surface area contributed by atoms with Gasteiger partial charge in [0.1, 0.15) is 12.2 Å². The third-order valence-electron chi connectivity index (χ3n) is 2.43. The SMILES string of the molecule is C#CCn1ncc(Cl)c(NCCOCCCC)c1=O. The van der Waals surface area contributed by atoms with Gasteiger partial charge in [0.05, 0.1) is 17.8 Å². The van der Waals surface area contributed by atoms with Crippen molar-refractivity contribution >= 4 is 17.3 Å². The maximum absolute atomic E-state index is 12.0. The molecule has 1 N–H and O–H groups in total. The summed E-state index contributed by atoms with van der Waals surface area (Å²) in [4.78, 5) is 12.0. The molecule has 5 nitrogen and oxygen atoms in total. The van der Waals surface area contributed by atoms with E-state index in [0.29, 0.717) is 18.8 Å². The summed E-state index contributed by atoms with van der Waals surface area (Å²) in [5, 5.41) is 7.10. The number of unbranched alkanes of at least 4 members (excludes halogenated alkanes) is 1. The highest BCUT2D eigenvalue weighted by molar-refractivity contribution is 6.32. The largest absolute Gasteiger partial charge is 0.380 e. The van der Waals surface area contributed by atoms with Crippen LogP contribution >= 0.6 is 11.6 Å². The Morgan fingerprint density at radius 1 is 1.58 bits per heavy atom. The van der Waals surface area contributed by atoms with Gasteiger partial charge in [-0.3, -0.25) is 4.79 Å². The summed E-state index contributed by atoms with van der Waals surface area (Å²) in [6.45, 7) is 3.99. The molecule has 1 aromatic heterocycles. The highest BCUT2D eigenvalue weighted by Gasteiger charge is 2.08. The highest BCUT2D eigenvalue weighted by Crippen LogP contribution is 2.14. The number of aromatic nitrogens is 2. The number of halogens is 1. The molecule has 1 aromatic rings. The fourth-order valence-corrected chi connectivity index (χ4v) is 1.62. The molecule has 0 amide bonds. The van der Waals surface area contributed by atoms with Crippen LogP contribution in [-0.2, 0) is 11.3 Å². The first kappa shape index (κ1) is 15.5. The zero-order valence-electron chi connectivity index (χ0n) is 11.0. The summed E-state index contributed by atoms with van der Waals surface area (Å²) in [6, 6.07) is 0. The maximum Gasteiger partial charge on any atom is 0.292 e. The van der Waals surface area contributed by atoms with Crippen molar-refractivity contribution < 1.29 is 4.74 Å². The molecule has 0 spiro atoms. The molecule has 0 unspecified atom stereocenters. The van der Waals surface area contributed by atoms with Crippen LogP contribution in [0.25, 0.3) is 0 Å². The van der Waals surface area contributed by atoms with Crippen LogP contribution in [0, 0.1) is 12.3 Å². The van der Waals surface area contributed by atoms with Gasteiger partial charge in [-0.25, -0.2) is 4.68 Å². The van der Waals surface area contributed by atoms with E-state index in [4.69, 9.17) is 22.8 Å². The number of hydrogen-bond donors (Lipinski definition) is 1. The third-order valence-corrected chi connectivity index (χ3v) is 2.72. The minimum absolute atomic E-state index is 0.123. The Hall–Kier alpha value is -1.51. The average Bonchev–Trinajstić information content (AvgIpc) is 2.40. The summed E-state index contributed by atoms with van der Waals surface area (Å²) in [5.74, 6) is 2.37. The van der Waals surface area contributed by atoms with Gasteiger partial charge < -0.3 is 10.1 Å². The first-order chi connectivity index (χ1) is 9.20. The van der Waals surface area contributed by atoms with Crippen molar-refractivity contribution in [3.05, 3.63) is 21.6 Å². The fourth-order valence-electron chi connectivity index (χ4n) is 1.42. The molecular formula is C13H18ClN3O2. The van der Waals surface area contributed by atoms with Crippen LogP contribution in [0.5, 0.6) is 0 Å². The smallest absolute Gasteiger partial charge is 0.292 e. The van der Waals surface area contributed by atoms with Crippen molar-refractivity contribution in [3.8, 4) is 12.3 Å².